The molecule has 3 aromatic heterocycles. The lowest BCUT2D eigenvalue weighted by Crippen LogP contribution is -2.38. The average Bonchev–Trinajstić information content (AvgIpc) is 3.32. The third-order valence-electron chi connectivity index (χ3n) is 6.01. The molecule has 144 valence electrons. The van der Waals surface area contributed by atoms with Crippen LogP contribution in [0.3, 0.4) is 0 Å². The Morgan fingerprint density at radius 2 is 2.07 bits per heavy atom. The van der Waals surface area contributed by atoms with Gasteiger partial charge in [-0.3, -0.25) is 4.79 Å². The lowest BCUT2D eigenvalue weighted by Gasteiger charge is -2.34. The van der Waals surface area contributed by atoms with E-state index < -0.39 is 0 Å². The van der Waals surface area contributed by atoms with Gasteiger partial charge in [0.25, 0.3) is 0 Å². The van der Waals surface area contributed by atoms with Crippen molar-refractivity contribution in [1.82, 2.24) is 29.4 Å². The van der Waals surface area contributed by atoms with Crippen molar-refractivity contribution in [2.75, 3.05) is 13.1 Å². The third-order valence-corrected chi connectivity index (χ3v) is 6.01. The molecule has 2 fully saturated rings. The molecule has 1 aliphatic carbocycles. The first-order valence-electron chi connectivity index (χ1n) is 10.1. The first-order chi connectivity index (χ1) is 13.8. The molecule has 4 heterocycles. The molecular formula is C21H24N6O. The summed E-state index contributed by atoms with van der Waals surface area (Å²) < 4.78 is 2.38. The monoisotopic (exact) mass is 376 g/mol. The summed E-state index contributed by atoms with van der Waals surface area (Å²) in [5, 5.41) is 0. The molecule has 28 heavy (non-hydrogen) atoms. The zero-order valence-electron chi connectivity index (χ0n) is 15.8. The van der Waals surface area contributed by atoms with Crippen molar-refractivity contribution in [3.63, 3.8) is 0 Å². The van der Waals surface area contributed by atoms with Gasteiger partial charge in [0, 0.05) is 37.3 Å². The maximum absolute atomic E-state index is 12.5. The quantitative estimate of drug-likeness (QED) is 0.709. The minimum Gasteiger partial charge on any atom is -0.345 e. The molecule has 0 aromatic carbocycles. The fourth-order valence-corrected chi connectivity index (χ4v) is 4.23. The molecule has 7 nitrogen and oxygen atoms in total. The van der Waals surface area contributed by atoms with Crippen LogP contribution in [0.15, 0.2) is 36.9 Å². The van der Waals surface area contributed by atoms with Gasteiger partial charge in [0.2, 0.25) is 5.91 Å². The number of hydrogen-bond acceptors (Lipinski definition) is 4. The van der Waals surface area contributed by atoms with Gasteiger partial charge in [0.05, 0.1) is 18.2 Å². The van der Waals surface area contributed by atoms with Crippen LogP contribution in [0.25, 0.3) is 17.2 Å². The lowest BCUT2D eigenvalue weighted by molar-refractivity contribution is -0.127. The number of imidazole rings is 2. The summed E-state index contributed by atoms with van der Waals surface area (Å²) in [5.41, 5.74) is 2.82. The summed E-state index contributed by atoms with van der Waals surface area (Å²) >= 11 is 0. The topological polar surface area (TPSA) is 79.7 Å². The number of amides is 1. The highest BCUT2D eigenvalue weighted by molar-refractivity contribution is 5.91. The number of carbonyl (C=O) groups excluding carboxylic acids is 1. The van der Waals surface area contributed by atoms with E-state index in [2.05, 4.69) is 25.6 Å². The van der Waals surface area contributed by atoms with E-state index in [-0.39, 0.29) is 5.91 Å². The third kappa shape index (κ3) is 3.10. The minimum atomic E-state index is 0.0564. The number of piperidine rings is 1. The molecule has 5 rings (SSSR count). The van der Waals surface area contributed by atoms with E-state index in [1.165, 1.54) is 25.1 Å². The molecule has 1 aliphatic heterocycles. The summed E-state index contributed by atoms with van der Waals surface area (Å²) in [6, 6.07) is 4.37. The lowest BCUT2D eigenvalue weighted by atomic mass is 9.84. The van der Waals surface area contributed by atoms with Gasteiger partial charge in [0.15, 0.2) is 5.65 Å². The molecule has 7 heteroatoms. The summed E-state index contributed by atoms with van der Waals surface area (Å²) in [4.78, 5) is 30.9. The van der Waals surface area contributed by atoms with Gasteiger partial charge < -0.3 is 14.5 Å². The zero-order chi connectivity index (χ0) is 18.9. The molecule has 0 atom stereocenters. The number of nitrogens with one attached hydrogen (secondary N) is 1. The van der Waals surface area contributed by atoms with Crippen molar-refractivity contribution < 1.29 is 4.79 Å². The summed E-state index contributed by atoms with van der Waals surface area (Å²) in [6.07, 6.45) is 14.2. The van der Waals surface area contributed by atoms with Gasteiger partial charge in [-0.2, -0.15) is 0 Å². The van der Waals surface area contributed by atoms with E-state index in [1.807, 2.05) is 17.2 Å². The molecule has 0 bridgehead atoms. The number of aromatic amines is 1. The molecule has 0 unspecified atom stereocenters. The predicted molar refractivity (Wildman–Crippen MR) is 107 cm³/mol. The van der Waals surface area contributed by atoms with E-state index in [9.17, 15) is 4.79 Å². The minimum absolute atomic E-state index is 0.0564. The Hall–Kier alpha value is -2.96. The summed E-state index contributed by atoms with van der Waals surface area (Å²) in [5.74, 6) is 1.82. The van der Waals surface area contributed by atoms with E-state index in [1.54, 1.807) is 24.7 Å². The number of likely N-dealkylation sites (tertiary alicyclic amines) is 1. The van der Waals surface area contributed by atoms with Gasteiger partial charge in [-0.1, -0.05) is 6.42 Å². The largest absolute Gasteiger partial charge is 0.345 e. The van der Waals surface area contributed by atoms with Crippen LogP contribution in [-0.4, -0.2) is 48.4 Å². The van der Waals surface area contributed by atoms with Gasteiger partial charge >= 0.3 is 0 Å². The Morgan fingerprint density at radius 1 is 1.21 bits per heavy atom. The Bertz CT molecular complexity index is 993. The van der Waals surface area contributed by atoms with Crippen LogP contribution in [-0.2, 0) is 4.79 Å². The molecule has 1 N–H and O–H groups in total. The maximum Gasteiger partial charge on any atom is 0.246 e. The smallest absolute Gasteiger partial charge is 0.246 e. The average molecular weight is 376 g/mol. The van der Waals surface area contributed by atoms with Crippen LogP contribution >= 0.6 is 0 Å². The SMILES string of the molecule is O=C(/C=C/c1cnc[nH]1)N1CCC(n2c(C3CCC3)nc3cccnc32)CC1. The number of aromatic nitrogens is 5. The highest BCUT2D eigenvalue weighted by Crippen LogP contribution is 2.39. The number of hydrogen-bond donors (Lipinski definition) is 1. The Morgan fingerprint density at radius 3 is 2.79 bits per heavy atom. The van der Waals surface area contributed by atoms with Crippen LogP contribution in [0.5, 0.6) is 0 Å². The van der Waals surface area contributed by atoms with Crippen molar-refractivity contribution in [3.05, 3.63) is 48.4 Å². The number of nitrogens with zero attached hydrogens (tertiary/aromatic N) is 5. The highest BCUT2D eigenvalue weighted by Gasteiger charge is 2.31. The number of carbonyl (C=O) groups is 1. The van der Waals surface area contributed by atoms with Gasteiger partial charge in [-0.15, -0.1) is 0 Å². The number of rotatable bonds is 4. The van der Waals surface area contributed by atoms with Crippen molar-refractivity contribution in [1.29, 1.82) is 0 Å². The van der Waals surface area contributed by atoms with E-state index in [0.717, 1.165) is 42.8 Å². The van der Waals surface area contributed by atoms with Crippen molar-refractivity contribution in [2.24, 2.45) is 0 Å². The Labute approximate surface area is 163 Å². The highest BCUT2D eigenvalue weighted by atomic mass is 16.2. The fraction of sp³-hybridized carbons (Fsp3) is 0.429. The molecule has 0 spiro atoms. The van der Waals surface area contributed by atoms with Crippen LogP contribution in [0.1, 0.15) is 55.6 Å². The first-order valence-corrected chi connectivity index (χ1v) is 10.1. The number of fused-ring (bicyclic) bond motifs is 1. The predicted octanol–water partition coefficient (Wildman–Crippen LogP) is 3.30. The van der Waals surface area contributed by atoms with E-state index >= 15 is 0 Å². The van der Waals surface area contributed by atoms with Crippen molar-refractivity contribution >= 4 is 23.1 Å². The van der Waals surface area contributed by atoms with Crippen LogP contribution in [0.2, 0.25) is 0 Å². The van der Waals surface area contributed by atoms with Gasteiger partial charge in [-0.25, -0.2) is 15.0 Å². The summed E-state index contributed by atoms with van der Waals surface area (Å²) in [7, 11) is 0. The van der Waals surface area contributed by atoms with Crippen molar-refractivity contribution in [2.45, 2.75) is 44.1 Å². The normalized spacial score (nSPS) is 18.8. The van der Waals surface area contributed by atoms with Gasteiger partial charge in [0.1, 0.15) is 11.3 Å². The first kappa shape index (κ1) is 17.2. The van der Waals surface area contributed by atoms with Crippen molar-refractivity contribution in [3.8, 4) is 0 Å². The number of H-pyrrole nitrogens is 1. The number of pyridine rings is 1. The second-order valence-corrected chi connectivity index (χ2v) is 7.71. The summed E-state index contributed by atoms with van der Waals surface area (Å²) in [6.45, 7) is 1.51. The van der Waals surface area contributed by atoms with E-state index in [0.29, 0.717) is 12.0 Å². The molecule has 3 aromatic rings. The van der Waals surface area contributed by atoms with Crippen LogP contribution in [0.4, 0.5) is 0 Å². The second kappa shape index (κ2) is 7.22. The molecule has 0 radical (unpaired) electrons. The van der Waals surface area contributed by atoms with Crippen LogP contribution in [0, 0.1) is 0 Å². The Kier molecular flexibility index (Phi) is 4.43. The second-order valence-electron chi connectivity index (χ2n) is 7.71. The standard InChI is InChI=1S/C21H24N6O/c28-19(7-6-16-13-22-14-24-16)26-11-8-17(9-12-26)27-20(15-3-1-4-15)25-18-5-2-10-23-21(18)27/h2,5-7,10,13-15,17H,1,3-4,8-9,11-12H2,(H,22,24)/b7-6+. The van der Waals surface area contributed by atoms with Gasteiger partial charge in [-0.05, 0) is 43.9 Å². The van der Waals surface area contributed by atoms with Crippen LogP contribution < -0.4 is 0 Å². The molecule has 2 aliphatic rings. The molecular weight excluding hydrogens is 352 g/mol. The Balaban J connectivity index is 1.32. The molecule has 1 saturated heterocycles. The zero-order valence-corrected chi connectivity index (χ0v) is 15.8. The molecule has 1 saturated carbocycles. The molecule has 1 amide bonds. The van der Waals surface area contributed by atoms with E-state index in [4.69, 9.17) is 4.98 Å². The fourth-order valence-electron chi connectivity index (χ4n) is 4.23. The maximum atomic E-state index is 12.5.